The number of benzene rings is 2. The quantitative estimate of drug-likeness (QED) is 0.410. The van der Waals surface area contributed by atoms with E-state index in [4.69, 9.17) is 21.6 Å². The lowest BCUT2D eigenvalue weighted by Gasteiger charge is -2.38. The molecule has 1 aliphatic heterocycles. The number of nitrogens with one attached hydrogen (secondary N) is 2. The van der Waals surface area contributed by atoms with Gasteiger partial charge in [-0.2, -0.15) is 0 Å². The normalized spacial score (nSPS) is 14.6. The molecule has 1 aliphatic rings. The molecular formula is C21H24N6O4. The standard InChI is InChI=1S/C21H24N6O4/c22-19(23)18(15-6-8-16(9-7-15)25-20(24)29)27-11-10-26(12-17(27)28)21(30)31-13-14-4-2-1-3-5-14/h1-9,18H,10-13H2,(H3,22,23)(H3,24,25,29). The minimum Gasteiger partial charge on any atom is -0.445 e. The highest BCUT2D eigenvalue weighted by atomic mass is 16.6. The summed E-state index contributed by atoms with van der Waals surface area (Å²) in [6, 6.07) is 14.3. The molecule has 0 spiro atoms. The van der Waals surface area contributed by atoms with Gasteiger partial charge < -0.3 is 26.4 Å². The predicted octanol–water partition coefficient (Wildman–Crippen LogP) is 1.64. The molecule has 1 atom stereocenters. The van der Waals surface area contributed by atoms with E-state index in [9.17, 15) is 14.4 Å². The van der Waals surface area contributed by atoms with Crippen molar-refractivity contribution in [2.45, 2.75) is 12.6 Å². The third-order valence-electron chi connectivity index (χ3n) is 4.82. The molecule has 1 fully saturated rings. The minimum atomic E-state index is -0.780. The number of amides is 4. The number of piperazine rings is 1. The smallest absolute Gasteiger partial charge is 0.410 e. The van der Waals surface area contributed by atoms with Crippen LogP contribution in [0.1, 0.15) is 17.2 Å². The van der Waals surface area contributed by atoms with E-state index in [-0.39, 0.29) is 38.0 Å². The van der Waals surface area contributed by atoms with Gasteiger partial charge in [-0.15, -0.1) is 0 Å². The Morgan fingerprint density at radius 2 is 1.74 bits per heavy atom. The molecule has 2 aromatic rings. The molecule has 2 aromatic carbocycles. The van der Waals surface area contributed by atoms with Crippen LogP contribution in [0.25, 0.3) is 0 Å². The molecule has 6 N–H and O–H groups in total. The number of primary amides is 1. The third kappa shape index (κ3) is 5.50. The summed E-state index contributed by atoms with van der Waals surface area (Å²) in [5.41, 5.74) is 12.8. The number of nitrogens with zero attached hydrogens (tertiary/aromatic N) is 2. The lowest BCUT2D eigenvalue weighted by molar-refractivity contribution is -0.136. The van der Waals surface area contributed by atoms with Gasteiger partial charge in [0.15, 0.2) is 0 Å². The number of ether oxygens (including phenoxy) is 1. The van der Waals surface area contributed by atoms with Gasteiger partial charge in [-0.05, 0) is 23.3 Å². The molecule has 0 saturated carbocycles. The van der Waals surface area contributed by atoms with Gasteiger partial charge in [-0.3, -0.25) is 15.1 Å². The van der Waals surface area contributed by atoms with Crippen LogP contribution in [0.2, 0.25) is 0 Å². The Labute approximate surface area is 179 Å². The minimum absolute atomic E-state index is 0.121. The lowest BCUT2D eigenvalue weighted by Crippen LogP contribution is -2.55. The molecule has 10 heteroatoms. The maximum absolute atomic E-state index is 12.8. The molecule has 0 radical (unpaired) electrons. The van der Waals surface area contributed by atoms with E-state index in [1.165, 1.54) is 9.80 Å². The van der Waals surface area contributed by atoms with E-state index < -0.39 is 18.2 Å². The van der Waals surface area contributed by atoms with Crippen molar-refractivity contribution < 1.29 is 19.1 Å². The summed E-state index contributed by atoms with van der Waals surface area (Å²) in [6.07, 6.45) is -0.571. The lowest BCUT2D eigenvalue weighted by atomic mass is 10.0. The highest BCUT2D eigenvalue weighted by Gasteiger charge is 2.34. The SMILES string of the molecule is N=C(N)C(c1ccc(NC(N)=O)cc1)N1CCN(C(=O)OCc2ccccc2)CC1=O. The van der Waals surface area contributed by atoms with Crippen LogP contribution in [0.15, 0.2) is 54.6 Å². The molecule has 0 bridgehead atoms. The largest absolute Gasteiger partial charge is 0.445 e. The molecule has 1 saturated heterocycles. The molecule has 31 heavy (non-hydrogen) atoms. The Balaban J connectivity index is 1.63. The average molecular weight is 424 g/mol. The summed E-state index contributed by atoms with van der Waals surface area (Å²) in [6.45, 7) is 0.407. The van der Waals surface area contributed by atoms with Gasteiger partial charge >= 0.3 is 12.1 Å². The molecule has 162 valence electrons. The van der Waals surface area contributed by atoms with Crippen LogP contribution in [0, 0.1) is 5.41 Å². The van der Waals surface area contributed by atoms with Gasteiger partial charge in [-0.1, -0.05) is 42.5 Å². The summed E-state index contributed by atoms with van der Waals surface area (Å²) in [7, 11) is 0. The van der Waals surface area contributed by atoms with Crippen LogP contribution >= 0.6 is 0 Å². The number of nitrogens with two attached hydrogens (primary N) is 2. The highest BCUT2D eigenvalue weighted by molar-refractivity contribution is 5.92. The molecule has 4 amide bonds. The van der Waals surface area contributed by atoms with Crippen LogP contribution in [0.3, 0.4) is 0 Å². The third-order valence-corrected chi connectivity index (χ3v) is 4.82. The van der Waals surface area contributed by atoms with E-state index >= 15 is 0 Å². The van der Waals surface area contributed by atoms with Gasteiger partial charge in [-0.25, -0.2) is 9.59 Å². The zero-order valence-corrected chi connectivity index (χ0v) is 16.8. The van der Waals surface area contributed by atoms with Crippen LogP contribution < -0.4 is 16.8 Å². The van der Waals surface area contributed by atoms with Crippen LogP contribution in [-0.4, -0.2) is 53.3 Å². The van der Waals surface area contributed by atoms with Crippen molar-refractivity contribution in [3.05, 3.63) is 65.7 Å². The first kappa shape index (κ1) is 21.6. The second-order valence-electron chi connectivity index (χ2n) is 7.02. The number of carbonyl (C=O) groups is 3. The van der Waals surface area contributed by atoms with Crippen molar-refractivity contribution in [2.75, 3.05) is 25.0 Å². The fourth-order valence-electron chi connectivity index (χ4n) is 3.34. The Bertz CT molecular complexity index is 964. The van der Waals surface area contributed by atoms with Crippen molar-refractivity contribution >= 4 is 29.6 Å². The van der Waals surface area contributed by atoms with Crippen LogP contribution in [-0.2, 0) is 16.1 Å². The first-order chi connectivity index (χ1) is 14.8. The van der Waals surface area contributed by atoms with Crippen LogP contribution in [0.4, 0.5) is 15.3 Å². The fraction of sp³-hybridized carbons (Fsp3) is 0.238. The molecule has 10 nitrogen and oxygen atoms in total. The predicted molar refractivity (Wildman–Crippen MR) is 114 cm³/mol. The average Bonchev–Trinajstić information content (AvgIpc) is 2.74. The van der Waals surface area contributed by atoms with Crippen LogP contribution in [0.5, 0.6) is 0 Å². The van der Waals surface area contributed by atoms with Gasteiger partial charge in [0, 0.05) is 18.8 Å². The Morgan fingerprint density at radius 3 is 2.32 bits per heavy atom. The second-order valence-corrected chi connectivity index (χ2v) is 7.02. The number of amidine groups is 1. The number of urea groups is 1. The van der Waals surface area contributed by atoms with Gasteiger partial charge in [0.2, 0.25) is 5.91 Å². The summed E-state index contributed by atoms with van der Waals surface area (Å²) >= 11 is 0. The monoisotopic (exact) mass is 424 g/mol. The van der Waals surface area contributed by atoms with Gasteiger partial charge in [0.25, 0.3) is 0 Å². The van der Waals surface area contributed by atoms with Crippen molar-refractivity contribution in [1.82, 2.24) is 9.80 Å². The number of hydrogen-bond donors (Lipinski definition) is 4. The van der Waals surface area contributed by atoms with E-state index in [0.717, 1.165) is 5.56 Å². The summed E-state index contributed by atoms with van der Waals surface area (Å²) in [5, 5.41) is 10.4. The molecule has 0 aromatic heterocycles. The summed E-state index contributed by atoms with van der Waals surface area (Å²) in [4.78, 5) is 38.9. The van der Waals surface area contributed by atoms with Crippen molar-refractivity contribution in [3.63, 3.8) is 0 Å². The Hall–Kier alpha value is -4.08. The summed E-state index contributed by atoms with van der Waals surface area (Å²) < 4.78 is 5.29. The van der Waals surface area contributed by atoms with Gasteiger partial charge in [0.05, 0.1) is 0 Å². The zero-order chi connectivity index (χ0) is 22.4. The Morgan fingerprint density at radius 1 is 1.06 bits per heavy atom. The van der Waals surface area contributed by atoms with Crippen molar-refractivity contribution in [2.24, 2.45) is 11.5 Å². The summed E-state index contributed by atoms with van der Waals surface area (Å²) in [5.74, 6) is -0.550. The topological polar surface area (TPSA) is 155 Å². The first-order valence-corrected chi connectivity index (χ1v) is 9.60. The Kier molecular flexibility index (Phi) is 6.71. The van der Waals surface area contributed by atoms with Gasteiger partial charge in [0.1, 0.15) is 25.0 Å². The number of anilines is 1. The van der Waals surface area contributed by atoms with E-state index in [2.05, 4.69) is 5.32 Å². The van der Waals surface area contributed by atoms with E-state index in [1.54, 1.807) is 24.3 Å². The maximum atomic E-state index is 12.8. The number of carbonyl (C=O) groups excluding carboxylic acids is 3. The molecule has 0 aliphatic carbocycles. The molecule has 3 rings (SSSR count). The van der Waals surface area contributed by atoms with E-state index in [0.29, 0.717) is 11.3 Å². The maximum Gasteiger partial charge on any atom is 0.410 e. The van der Waals surface area contributed by atoms with Crippen molar-refractivity contribution in [1.29, 1.82) is 5.41 Å². The molecule has 1 heterocycles. The second kappa shape index (κ2) is 9.61. The highest BCUT2D eigenvalue weighted by Crippen LogP contribution is 2.24. The fourth-order valence-corrected chi connectivity index (χ4v) is 3.34. The zero-order valence-electron chi connectivity index (χ0n) is 16.8. The van der Waals surface area contributed by atoms with E-state index in [1.807, 2.05) is 30.3 Å². The number of hydrogen-bond acceptors (Lipinski definition) is 5. The molecule has 1 unspecified atom stereocenters. The first-order valence-electron chi connectivity index (χ1n) is 9.60. The molecular weight excluding hydrogens is 400 g/mol. The number of rotatable bonds is 6. The van der Waals surface area contributed by atoms with Crippen molar-refractivity contribution in [3.8, 4) is 0 Å².